The highest BCUT2D eigenvalue weighted by atomic mass is 32.2. The van der Waals surface area contributed by atoms with Crippen LogP contribution in [0.1, 0.15) is 74.3 Å². The Kier molecular flexibility index (Phi) is 13.6. The fraction of sp³-hybridized carbons (Fsp3) is 0.348. The molecule has 1 aromatic heterocycles. The van der Waals surface area contributed by atoms with Crippen molar-refractivity contribution in [1.82, 2.24) is 20.1 Å². The normalized spacial score (nSPS) is 17.1. The van der Waals surface area contributed by atoms with E-state index >= 15 is 0 Å². The Bertz CT molecular complexity index is 2400. The van der Waals surface area contributed by atoms with E-state index in [1.807, 2.05) is 24.3 Å². The van der Waals surface area contributed by atoms with Gasteiger partial charge in [0.1, 0.15) is 11.5 Å². The van der Waals surface area contributed by atoms with Crippen LogP contribution in [-0.4, -0.2) is 78.1 Å². The summed E-state index contributed by atoms with van der Waals surface area (Å²) in [5.74, 6) is -0.222. The van der Waals surface area contributed by atoms with Crippen molar-refractivity contribution in [2.45, 2.75) is 80.0 Å². The van der Waals surface area contributed by atoms with Gasteiger partial charge in [-0.3, -0.25) is 19.4 Å². The topological polar surface area (TPSA) is 164 Å². The number of aliphatic hydroxyl groups excluding tert-OH is 1. The molecule has 4 aromatic carbocycles. The number of aromatic nitrogens is 1. The summed E-state index contributed by atoms with van der Waals surface area (Å²) in [6.45, 7) is 7.05. The van der Waals surface area contributed by atoms with E-state index in [2.05, 4.69) is 32.3 Å². The standard InChI is InChI=1S/C46H53N5O7S/c1-32(50-24-26-51(27-25-50)36-7-4-2-3-5-8-36)34-13-17-38(18-14-34)59(56,57)39-10-6-9-37(29-39)58-28-23-45(55)48-35-15-11-33(12-16-35)30-47-31-43(53)40-19-21-42(52)46-41(40)20-22-44(54)49-46/h6,9-23,28-29,32,36,43,47,52-53H,2-5,7-8,24-27,30-31H2,1H3,(H,48,55)(H,49,54)/t32-,43-/m0/s1. The van der Waals surface area contributed by atoms with Crippen LogP contribution in [0.2, 0.25) is 0 Å². The number of sulfone groups is 1. The predicted octanol–water partition coefficient (Wildman–Crippen LogP) is 6.82. The number of nitrogens with one attached hydrogen (secondary N) is 3. The van der Waals surface area contributed by atoms with Crippen LogP contribution in [0.15, 0.2) is 124 Å². The Balaban J connectivity index is 0.865. The highest BCUT2D eigenvalue weighted by molar-refractivity contribution is 7.91. The quantitative estimate of drug-likeness (QED) is 0.0456. The average Bonchev–Trinajstić information content (AvgIpc) is 3.55. The van der Waals surface area contributed by atoms with Crippen LogP contribution in [0.3, 0.4) is 0 Å². The summed E-state index contributed by atoms with van der Waals surface area (Å²) in [4.78, 5) is 32.4. The Morgan fingerprint density at radius 2 is 1.63 bits per heavy atom. The molecule has 5 N–H and O–H groups in total. The first kappa shape index (κ1) is 41.8. The molecule has 1 aliphatic carbocycles. The first-order valence-electron chi connectivity index (χ1n) is 20.5. The van der Waals surface area contributed by atoms with E-state index in [9.17, 15) is 28.2 Å². The van der Waals surface area contributed by atoms with E-state index in [1.165, 1.54) is 75.1 Å². The second kappa shape index (κ2) is 19.2. The molecule has 1 saturated heterocycles. The molecule has 0 spiro atoms. The number of benzene rings is 4. The fourth-order valence-electron chi connectivity index (χ4n) is 8.18. The third-order valence-corrected chi connectivity index (χ3v) is 13.4. The number of hydrogen-bond donors (Lipinski definition) is 5. The number of ether oxygens (including phenoxy) is 1. The summed E-state index contributed by atoms with van der Waals surface area (Å²) in [6.07, 6.45) is 9.59. The number of pyridine rings is 1. The lowest BCUT2D eigenvalue weighted by Gasteiger charge is -2.41. The van der Waals surface area contributed by atoms with Crippen molar-refractivity contribution in [1.29, 1.82) is 0 Å². The monoisotopic (exact) mass is 819 g/mol. The molecule has 13 heteroatoms. The van der Waals surface area contributed by atoms with Crippen LogP contribution in [0.25, 0.3) is 10.9 Å². The maximum absolute atomic E-state index is 13.6. The van der Waals surface area contributed by atoms with Gasteiger partial charge in [-0.05, 0) is 91.1 Å². The van der Waals surface area contributed by atoms with Gasteiger partial charge in [-0.1, -0.05) is 62.1 Å². The first-order chi connectivity index (χ1) is 28.5. The van der Waals surface area contributed by atoms with Gasteiger partial charge in [0.05, 0.1) is 27.7 Å². The van der Waals surface area contributed by atoms with E-state index in [0.717, 1.165) is 43.3 Å². The number of anilines is 1. The van der Waals surface area contributed by atoms with Gasteiger partial charge in [0.15, 0.2) is 0 Å². The third-order valence-electron chi connectivity index (χ3n) is 11.6. The second-order valence-corrected chi connectivity index (χ2v) is 17.4. The van der Waals surface area contributed by atoms with E-state index < -0.39 is 21.8 Å². The molecule has 0 unspecified atom stereocenters. The van der Waals surface area contributed by atoms with Crippen molar-refractivity contribution in [3.63, 3.8) is 0 Å². The van der Waals surface area contributed by atoms with Gasteiger partial charge >= 0.3 is 0 Å². The number of aromatic amines is 1. The number of phenols is 1. The lowest BCUT2D eigenvalue weighted by atomic mass is 10.0. The molecule has 1 aliphatic heterocycles. The van der Waals surface area contributed by atoms with Crippen LogP contribution >= 0.6 is 0 Å². The summed E-state index contributed by atoms with van der Waals surface area (Å²) >= 11 is 0. The molecule has 310 valence electrons. The van der Waals surface area contributed by atoms with Crippen molar-refractivity contribution in [3.8, 4) is 11.5 Å². The number of amides is 1. The number of carbonyl (C=O) groups excluding carboxylic acids is 1. The zero-order chi connectivity index (χ0) is 41.4. The molecule has 7 rings (SSSR count). The van der Waals surface area contributed by atoms with E-state index in [4.69, 9.17) is 4.74 Å². The zero-order valence-corrected chi connectivity index (χ0v) is 34.2. The van der Waals surface area contributed by atoms with Gasteiger partial charge in [0, 0.05) is 74.6 Å². The summed E-state index contributed by atoms with van der Waals surface area (Å²) in [6, 6.07) is 27.5. The summed E-state index contributed by atoms with van der Waals surface area (Å²) in [5, 5.41) is 27.5. The smallest absolute Gasteiger partial charge is 0.251 e. The average molecular weight is 820 g/mol. The number of carbonyl (C=O) groups is 1. The lowest BCUT2D eigenvalue weighted by Crippen LogP contribution is -2.50. The lowest BCUT2D eigenvalue weighted by molar-refractivity contribution is -0.112. The van der Waals surface area contributed by atoms with Crippen LogP contribution in [0.5, 0.6) is 11.5 Å². The van der Waals surface area contributed by atoms with Crippen LogP contribution < -0.4 is 20.9 Å². The number of H-pyrrole nitrogens is 1. The van der Waals surface area contributed by atoms with Crippen LogP contribution in [-0.2, 0) is 21.2 Å². The SMILES string of the molecule is C[C@@H](c1ccc(S(=O)(=O)c2cccc(OC=CC(=O)Nc3ccc(CNC[C@H](O)c4ccc(O)c5[nH]c(=O)ccc45)cc3)c2)cc1)N1CCN(C2CCCCCC2)CC1. The Morgan fingerprint density at radius 1 is 0.898 bits per heavy atom. The number of rotatable bonds is 14. The minimum absolute atomic E-state index is 0.0688. The molecule has 2 heterocycles. The molecule has 2 atom stereocenters. The van der Waals surface area contributed by atoms with E-state index in [1.54, 1.807) is 48.5 Å². The Labute approximate surface area is 345 Å². The number of hydrogen-bond acceptors (Lipinski definition) is 10. The Morgan fingerprint density at radius 3 is 2.36 bits per heavy atom. The number of fused-ring (bicyclic) bond motifs is 1. The van der Waals surface area contributed by atoms with Crippen LogP contribution in [0, 0.1) is 0 Å². The van der Waals surface area contributed by atoms with Crippen molar-refractivity contribution in [2.75, 3.05) is 38.0 Å². The number of phenolic OH excluding ortho intramolecular Hbond substituents is 1. The zero-order valence-electron chi connectivity index (χ0n) is 33.3. The number of aromatic hydroxyl groups is 1. The predicted molar refractivity (Wildman–Crippen MR) is 229 cm³/mol. The molecule has 1 saturated carbocycles. The molecule has 2 fully saturated rings. The molecule has 0 bridgehead atoms. The summed E-state index contributed by atoms with van der Waals surface area (Å²) in [5.41, 5.74) is 3.08. The van der Waals surface area contributed by atoms with Gasteiger partial charge in [-0.25, -0.2) is 8.42 Å². The van der Waals surface area contributed by atoms with Gasteiger partial charge in [0.25, 0.3) is 5.91 Å². The highest BCUT2D eigenvalue weighted by Gasteiger charge is 2.27. The second-order valence-electron chi connectivity index (χ2n) is 15.5. The largest absolute Gasteiger partial charge is 0.506 e. The van der Waals surface area contributed by atoms with Gasteiger partial charge in [-0.2, -0.15) is 0 Å². The van der Waals surface area contributed by atoms with Gasteiger partial charge < -0.3 is 30.6 Å². The molecule has 5 aromatic rings. The molecule has 12 nitrogen and oxygen atoms in total. The van der Waals surface area contributed by atoms with E-state index in [0.29, 0.717) is 23.2 Å². The Hall–Kier alpha value is -5.31. The molecular formula is C46H53N5O7S. The van der Waals surface area contributed by atoms with Crippen molar-refractivity contribution in [3.05, 3.63) is 136 Å². The minimum atomic E-state index is -3.81. The fourth-order valence-corrected chi connectivity index (χ4v) is 9.47. The first-order valence-corrected chi connectivity index (χ1v) is 21.9. The van der Waals surface area contributed by atoms with E-state index in [-0.39, 0.29) is 45.0 Å². The van der Waals surface area contributed by atoms with Gasteiger partial charge in [0.2, 0.25) is 15.4 Å². The molecule has 59 heavy (non-hydrogen) atoms. The minimum Gasteiger partial charge on any atom is -0.506 e. The highest BCUT2D eigenvalue weighted by Crippen LogP contribution is 2.31. The van der Waals surface area contributed by atoms with Crippen molar-refractivity contribution in [2.24, 2.45) is 0 Å². The molecule has 0 radical (unpaired) electrons. The van der Waals surface area contributed by atoms with Gasteiger partial charge in [-0.15, -0.1) is 0 Å². The summed E-state index contributed by atoms with van der Waals surface area (Å²) in [7, 11) is -3.81. The number of aliphatic hydroxyl groups is 1. The van der Waals surface area contributed by atoms with Crippen molar-refractivity contribution >= 4 is 32.3 Å². The molecule has 1 amide bonds. The maximum Gasteiger partial charge on any atom is 0.251 e. The molecular weight excluding hydrogens is 767 g/mol. The third kappa shape index (κ3) is 10.5. The van der Waals surface area contributed by atoms with Crippen molar-refractivity contribution < 1.29 is 28.2 Å². The maximum atomic E-state index is 13.6. The number of nitrogens with zero attached hydrogens (tertiary/aromatic N) is 2. The van der Waals surface area contributed by atoms with Crippen LogP contribution in [0.4, 0.5) is 5.69 Å². The number of piperazine rings is 1. The molecule has 2 aliphatic rings. The summed E-state index contributed by atoms with van der Waals surface area (Å²) < 4.78 is 32.9.